The predicted octanol–water partition coefficient (Wildman–Crippen LogP) is 2.34. The molecule has 2 N–H and O–H groups in total. The number of rotatable bonds is 5. The second kappa shape index (κ2) is 5.10. The number of nitrogens with two attached hydrogens (primary N) is 1. The van der Waals surface area contributed by atoms with Crippen LogP contribution < -0.4 is 15.2 Å². The van der Waals surface area contributed by atoms with Crippen molar-refractivity contribution in [1.29, 1.82) is 0 Å². The first kappa shape index (κ1) is 11.8. The third-order valence-electron chi connectivity index (χ3n) is 2.83. The van der Waals surface area contributed by atoms with Gasteiger partial charge in [-0.15, -0.1) is 0 Å². The first-order valence-electron chi connectivity index (χ1n) is 5.63. The van der Waals surface area contributed by atoms with Gasteiger partial charge in [-0.1, -0.05) is 0 Å². The third kappa shape index (κ3) is 2.08. The molecule has 92 valence electrons. The molecule has 0 spiro atoms. The number of ether oxygens (including phenoxy) is 2. The molecule has 0 amide bonds. The molecule has 0 fully saturated rings. The fourth-order valence-electron chi connectivity index (χ4n) is 2.03. The van der Waals surface area contributed by atoms with Crippen LogP contribution in [0.4, 0.5) is 0 Å². The van der Waals surface area contributed by atoms with E-state index in [9.17, 15) is 0 Å². The fraction of sp³-hybridized carbons (Fsp3) is 0.385. The molecular formula is C13H17NO3. The summed E-state index contributed by atoms with van der Waals surface area (Å²) in [6.45, 7) is 0.649. The average Bonchev–Trinajstić information content (AvgIpc) is 2.82. The molecular weight excluding hydrogens is 218 g/mol. The Labute approximate surface area is 100 Å². The van der Waals surface area contributed by atoms with Crippen LogP contribution >= 0.6 is 0 Å². The summed E-state index contributed by atoms with van der Waals surface area (Å²) in [7, 11) is 3.31. The van der Waals surface area contributed by atoms with Crippen molar-refractivity contribution >= 4 is 11.0 Å². The van der Waals surface area contributed by atoms with Gasteiger partial charge in [0.2, 0.25) is 0 Å². The van der Waals surface area contributed by atoms with Crippen LogP contribution in [-0.4, -0.2) is 20.8 Å². The van der Waals surface area contributed by atoms with E-state index in [1.165, 1.54) is 0 Å². The maximum absolute atomic E-state index is 5.55. The Morgan fingerprint density at radius 2 is 2.12 bits per heavy atom. The van der Waals surface area contributed by atoms with E-state index in [-0.39, 0.29) is 0 Å². The zero-order valence-electron chi connectivity index (χ0n) is 10.2. The standard InChI is InChI=1S/C13H17NO3/c1-15-11-8-12-10(5-7-17-12)13(16-2)9(11)4-3-6-14/h5,7-8H,3-4,6,14H2,1-2H3. The smallest absolute Gasteiger partial charge is 0.141 e. The minimum absolute atomic E-state index is 0.649. The molecule has 0 saturated heterocycles. The van der Waals surface area contributed by atoms with E-state index in [0.29, 0.717) is 6.54 Å². The van der Waals surface area contributed by atoms with Crippen molar-refractivity contribution in [1.82, 2.24) is 0 Å². The number of hydrogen-bond acceptors (Lipinski definition) is 4. The van der Waals surface area contributed by atoms with Crippen molar-refractivity contribution in [2.45, 2.75) is 12.8 Å². The Morgan fingerprint density at radius 3 is 2.76 bits per heavy atom. The molecule has 1 aromatic carbocycles. The van der Waals surface area contributed by atoms with Crippen LogP contribution in [0.15, 0.2) is 22.8 Å². The van der Waals surface area contributed by atoms with Crippen LogP contribution in [0.3, 0.4) is 0 Å². The summed E-state index contributed by atoms with van der Waals surface area (Å²) in [6, 6.07) is 3.79. The van der Waals surface area contributed by atoms with Gasteiger partial charge in [-0.05, 0) is 25.5 Å². The van der Waals surface area contributed by atoms with E-state index >= 15 is 0 Å². The summed E-state index contributed by atoms with van der Waals surface area (Å²) in [5.41, 5.74) is 7.38. The summed E-state index contributed by atoms with van der Waals surface area (Å²) >= 11 is 0. The molecule has 0 atom stereocenters. The first-order chi connectivity index (χ1) is 8.31. The highest BCUT2D eigenvalue weighted by Gasteiger charge is 2.16. The number of furan rings is 1. The van der Waals surface area contributed by atoms with Crippen molar-refractivity contribution in [3.8, 4) is 11.5 Å². The van der Waals surface area contributed by atoms with Gasteiger partial charge in [0.15, 0.2) is 0 Å². The van der Waals surface area contributed by atoms with Crippen LogP contribution in [0.5, 0.6) is 11.5 Å². The molecule has 4 nitrogen and oxygen atoms in total. The summed E-state index contributed by atoms with van der Waals surface area (Å²) in [6.07, 6.45) is 3.39. The van der Waals surface area contributed by atoms with E-state index in [4.69, 9.17) is 19.6 Å². The van der Waals surface area contributed by atoms with E-state index in [1.54, 1.807) is 20.5 Å². The molecule has 1 heterocycles. The SMILES string of the molecule is COc1cc2occc2c(OC)c1CCCN. The number of hydrogen-bond donors (Lipinski definition) is 1. The van der Waals surface area contributed by atoms with Crippen LogP contribution in [0.1, 0.15) is 12.0 Å². The summed E-state index contributed by atoms with van der Waals surface area (Å²) in [4.78, 5) is 0. The third-order valence-corrected chi connectivity index (χ3v) is 2.83. The molecule has 0 aliphatic rings. The Hall–Kier alpha value is -1.68. The number of fused-ring (bicyclic) bond motifs is 1. The normalized spacial score (nSPS) is 10.8. The summed E-state index contributed by atoms with van der Waals surface area (Å²) in [5, 5.41) is 0.973. The van der Waals surface area contributed by atoms with Gasteiger partial charge in [-0.2, -0.15) is 0 Å². The number of benzene rings is 1. The van der Waals surface area contributed by atoms with Gasteiger partial charge in [0.05, 0.1) is 25.9 Å². The lowest BCUT2D eigenvalue weighted by Crippen LogP contribution is -2.03. The van der Waals surface area contributed by atoms with E-state index < -0.39 is 0 Å². The highest BCUT2D eigenvalue weighted by molar-refractivity contribution is 5.87. The Kier molecular flexibility index (Phi) is 3.54. The molecule has 0 saturated carbocycles. The van der Waals surface area contributed by atoms with Gasteiger partial charge in [0.1, 0.15) is 17.1 Å². The predicted molar refractivity (Wildman–Crippen MR) is 66.7 cm³/mol. The van der Waals surface area contributed by atoms with Crippen LogP contribution in [0, 0.1) is 0 Å². The van der Waals surface area contributed by atoms with Gasteiger partial charge in [-0.25, -0.2) is 0 Å². The summed E-state index contributed by atoms with van der Waals surface area (Å²) in [5.74, 6) is 1.61. The van der Waals surface area contributed by atoms with Gasteiger partial charge in [0, 0.05) is 11.6 Å². The van der Waals surface area contributed by atoms with Gasteiger partial charge in [0.25, 0.3) is 0 Å². The molecule has 1 aromatic heterocycles. The van der Waals surface area contributed by atoms with Crippen LogP contribution in [0.25, 0.3) is 11.0 Å². The highest BCUT2D eigenvalue weighted by atomic mass is 16.5. The van der Waals surface area contributed by atoms with Crippen molar-refractivity contribution in [2.75, 3.05) is 20.8 Å². The Bertz CT molecular complexity index is 505. The monoisotopic (exact) mass is 235 g/mol. The minimum Gasteiger partial charge on any atom is -0.496 e. The minimum atomic E-state index is 0.649. The molecule has 0 unspecified atom stereocenters. The quantitative estimate of drug-likeness (QED) is 0.864. The topological polar surface area (TPSA) is 57.6 Å². The second-order valence-corrected chi connectivity index (χ2v) is 3.82. The largest absolute Gasteiger partial charge is 0.496 e. The van der Waals surface area contributed by atoms with Crippen LogP contribution in [0.2, 0.25) is 0 Å². The molecule has 0 aliphatic carbocycles. The van der Waals surface area contributed by atoms with Crippen molar-refractivity contribution in [3.63, 3.8) is 0 Å². The zero-order chi connectivity index (χ0) is 12.3. The molecule has 2 aromatic rings. The van der Waals surface area contributed by atoms with Crippen LogP contribution in [-0.2, 0) is 6.42 Å². The van der Waals surface area contributed by atoms with Gasteiger partial charge < -0.3 is 19.6 Å². The molecule has 0 bridgehead atoms. The lowest BCUT2D eigenvalue weighted by Gasteiger charge is -2.13. The molecule has 17 heavy (non-hydrogen) atoms. The number of methoxy groups -OCH3 is 2. The Morgan fingerprint density at radius 1 is 1.29 bits per heavy atom. The Balaban J connectivity index is 2.58. The van der Waals surface area contributed by atoms with Crippen molar-refractivity contribution in [2.24, 2.45) is 5.73 Å². The van der Waals surface area contributed by atoms with Gasteiger partial charge in [-0.3, -0.25) is 0 Å². The van der Waals surface area contributed by atoms with Crippen molar-refractivity contribution < 1.29 is 13.9 Å². The molecule has 0 aliphatic heterocycles. The highest BCUT2D eigenvalue weighted by Crippen LogP contribution is 2.38. The lowest BCUT2D eigenvalue weighted by molar-refractivity contribution is 0.387. The van der Waals surface area contributed by atoms with E-state index in [1.807, 2.05) is 12.1 Å². The lowest BCUT2D eigenvalue weighted by atomic mass is 10.0. The van der Waals surface area contributed by atoms with Gasteiger partial charge >= 0.3 is 0 Å². The van der Waals surface area contributed by atoms with E-state index in [0.717, 1.165) is 40.9 Å². The first-order valence-corrected chi connectivity index (χ1v) is 5.63. The average molecular weight is 235 g/mol. The second-order valence-electron chi connectivity index (χ2n) is 3.82. The fourth-order valence-corrected chi connectivity index (χ4v) is 2.03. The summed E-state index contributed by atoms with van der Waals surface area (Å²) < 4.78 is 16.2. The van der Waals surface area contributed by atoms with E-state index in [2.05, 4.69) is 0 Å². The van der Waals surface area contributed by atoms with Crippen molar-refractivity contribution in [3.05, 3.63) is 24.0 Å². The maximum atomic E-state index is 5.55. The molecule has 0 radical (unpaired) electrons. The maximum Gasteiger partial charge on any atom is 0.141 e. The zero-order valence-corrected chi connectivity index (χ0v) is 10.2. The molecule has 2 rings (SSSR count). The molecule has 4 heteroatoms.